The second-order valence-electron chi connectivity index (χ2n) is 7.56. The number of rotatable bonds is 9. The number of hydrogen-bond acceptors (Lipinski definition) is 5. The largest absolute Gasteiger partial charge is 0.480 e. The molecule has 0 saturated carbocycles. The molecule has 0 fully saturated rings. The monoisotopic (exact) mass is 472 g/mol. The normalized spacial score (nSPS) is 12.0. The number of hydrogen-bond donors (Lipinski definition) is 2. The minimum Gasteiger partial charge on any atom is -0.480 e. The van der Waals surface area contributed by atoms with Gasteiger partial charge in [0.15, 0.2) is 0 Å². The first-order valence-corrected chi connectivity index (χ1v) is 10.2. The van der Waals surface area contributed by atoms with Crippen molar-refractivity contribution in [1.29, 1.82) is 0 Å². The standard InChI is InChI=1S/C21H23Cl2FN2O5/c1-10(2)9-30-20-15(23)5-12(8-25-20)31-17-7-16(24)13(6-14(17)22)19(27)26-18(11(3)4)21(28)29/h5-8,10-11,18H,9H2,1-4H3,(H,26,27)(H,28,29). The molecule has 0 aliphatic heterocycles. The quantitative estimate of drug-likeness (QED) is 0.520. The average Bonchev–Trinajstić information content (AvgIpc) is 2.67. The van der Waals surface area contributed by atoms with Crippen molar-refractivity contribution < 1.29 is 28.6 Å². The number of halogens is 3. The summed E-state index contributed by atoms with van der Waals surface area (Å²) < 4.78 is 25.6. The topological polar surface area (TPSA) is 97.8 Å². The highest BCUT2D eigenvalue weighted by Gasteiger charge is 2.26. The highest BCUT2D eigenvalue weighted by atomic mass is 35.5. The summed E-state index contributed by atoms with van der Waals surface area (Å²) in [6.07, 6.45) is 1.34. The fourth-order valence-corrected chi connectivity index (χ4v) is 2.87. The van der Waals surface area contributed by atoms with Crippen molar-refractivity contribution in [2.24, 2.45) is 11.8 Å². The number of carbonyl (C=O) groups excluding carboxylic acids is 1. The molecule has 2 rings (SSSR count). The van der Waals surface area contributed by atoms with Crippen LogP contribution in [0.2, 0.25) is 10.0 Å². The van der Waals surface area contributed by atoms with Crippen LogP contribution in [0.3, 0.4) is 0 Å². The number of aliphatic carboxylic acids is 1. The van der Waals surface area contributed by atoms with Gasteiger partial charge in [-0.1, -0.05) is 50.9 Å². The van der Waals surface area contributed by atoms with Crippen molar-refractivity contribution in [3.63, 3.8) is 0 Å². The lowest BCUT2D eigenvalue weighted by atomic mass is 10.0. The summed E-state index contributed by atoms with van der Waals surface area (Å²) in [6.45, 7) is 7.65. The number of carbonyl (C=O) groups is 2. The Morgan fingerprint density at radius 2 is 1.84 bits per heavy atom. The van der Waals surface area contributed by atoms with Gasteiger partial charge in [-0.25, -0.2) is 14.2 Å². The van der Waals surface area contributed by atoms with Crippen molar-refractivity contribution in [2.75, 3.05) is 6.61 Å². The van der Waals surface area contributed by atoms with Crippen LogP contribution in [0, 0.1) is 17.7 Å². The first-order chi connectivity index (χ1) is 14.5. The van der Waals surface area contributed by atoms with E-state index in [9.17, 15) is 19.1 Å². The van der Waals surface area contributed by atoms with Gasteiger partial charge in [-0.2, -0.15) is 0 Å². The fraction of sp³-hybridized carbons (Fsp3) is 0.381. The lowest BCUT2D eigenvalue weighted by molar-refractivity contribution is -0.140. The van der Waals surface area contributed by atoms with Crippen molar-refractivity contribution in [2.45, 2.75) is 33.7 Å². The summed E-state index contributed by atoms with van der Waals surface area (Å²) in [7, 11) is 0. The van der Waals surface area contributed by atoms with Crippen LogP contribution in [0.25, 0.3) is 0 Å². The van der Waals surface area contributed by atoms with Gasteiger partial charge in [0, 0.05) is 12.1 Å². The molecule has 1 amide bonds. The maximum Gasteiger partial charge on any atom is 0.326 e. The van der Waals surface area contributed by atoms with E-state index in [1.54, 1.807) is 13.8 Å². The zero-order chi connectivity index (χ0) is 23.3. The Bertz CT molecular complexity index is 969. The number of benzene rings is 1. The average molecular weight is 473 g/mol. The lowest BCUT2D eigenvalue weighted by Gasteiger charge is -2.18. The van der Waals surface area contributed by atoms with Crippen LogP contribution in [0.1, 0.15) is 38.1 Å². The molecule has 1 heterocycles. The zero-order valence-electron chi connectivity index (χ0n) is 17.4. The molecule has 2 N–H and O–H groups in total. The highest BCUT2D eigenvalue weighted by Crippen LogP contribution is 2.34. The third kappa shape index (κ3) is 6.70. The molecule has 0 saturated heterocycles. The Hall–Kier alpha value is -2.58. The third-order valence-corrected chi connectivity index (χ3v) is 4.62. The molecule has 2 aromatic rings. The van der Waals surface area contributed by atoms with E-state index in [0.29, 0.717) is 6.61 Å². The van der Waals surface area contributed by atoms with Crippen molar-refractivity contribution >= 4 is 35.1 Å². The summed E-state index contributed by atoms with van der Waals surface area (Å²) in [4.78, 5) is 27.7. The third-order valence-electron chi connectivity index (χ3n) is 4.05. The number of nitrogens with zero attached hydrogens (tertiary/aromatic N) is 1. The van der Waals surface area contributed by atoms with Crippen LogP contribution in [-0.2, 0) is 4.79 Å². The molecule has 0 radical (unpaired) electrons. The van der Waals surface area contributed by atoms with Gasteiger partial charge < -0.3 is 19.9 Å². The van der Waals surface area contributed by atoms with E-state index >= 15 is 0 Å². The molecule has 1 aromatic carbocycles. The van der Waals surface area contributed by atoms with Crippen molar-refractivity contribution in [3.8, 4) is 17.4 Å². The zero-order valence-corrected chi connectivity index (χ0v) is 18.9. The predicted octanol–water partition coefficient (Wildman–Crippen LogP) is 5.19. The molecule has 10 heteroatoms. The molecule has 0 spiro atoms. The van der Waals surface area contributed by atoms with Crippen molar-refractivity contribution in [1.82, 2.24) is 10.3 Å². The summed E-state index contributed by atoms with van der Waals surface area (Å²) >= 11 is 12.3. The minimum atomic E-state index is -1.22. The summed E-state index contributed by atoms with van der Waals surface area (Å²) in [5.74, 6) is -2.80. The van der Waals surface area contributed by atoms with E-state index < -0.39 is 35.2 Å². The number of ether oxygens (including phenoxy) is 2. The van der Waals surface area contributed by atoms with Crippen LogP contribution in [0.5, 0.6) is 17.4 Å². The number of amides is 1. The van der Waals surface area contributed by atoms with Gasteiger partial charge in [0.25, 0.3) is 5.91 Å². The first kappa shape index (κ1) is 24.7. The number of pyridine rings is 1. The van der Waals surface area contributed by atoms with Gasteiger partial charge >= 0.3 is 5.97 Å². The molecular formula is C21H23Cl2FN2O5. The van der Waals surface area contributed by atoms with Gasteiger partial charge in [-0.3, -0.25) is 4.79 Å². The molecule has 1 unspecified atom stereocenters. The first-order valence-electron chi connectivity index (χ1n) is 9.48. The van der Waals surface area contributed by atoms with E-state index in [-0.39, 0.29) is 33.3 Å². The van der Waals surface area contributed by atoms with Gasteiger partial charge in [-0.05, 0) is 17.9 Å². The molecule has 0 aliphatic carbocycles. The maximum absolute atomic E-state index is 14.5. The van der Waals surface area contributed by atoms with Crippen LogP contribution in [-0.4, -0.2) is 34.6 Å². The second kappa shape index (κ2) is 10.6. The molecule has 0 bridgehead atoms. The highest BCUT2D eigenvalue weighted by molar-refractivity contribution is 6.32. The number of nitrogens with one attached hydrogen (secondary N) is 1. The Morgan fingerprint density at radius 3 is 2.39 bits per heavy atom. The Kier molecular flexibility index (Phi) is 8.47. The van der Waals surface area contributed by atoms with Crippen molar-refractivity contribution in [3.05, 3.63) is 45.8 Å². The van der Waals surface area contributed by atoms with Gasteiger partial charge in [-0.15, -0.1) is 0 Å². The lowest BCUT2D eigenvalue weighted by Crippen LogP contribution is -2.44. The van der Waals surface area contributed by atoms with Crippen LogP contribution in [0.15, 0.2) is 24.4 Å². The maximum atomic E-state index is 14.5. The molecule has 1 atom stereocenters. The molecule has 0 aliphatic rings. The molecular weight excluding hydrogens is 450 g/mol. The second-order valence-corrected chi connectivity index (χ2v) is 8.38. The van der Waals surface area contributed by atoms with Gasteiger partial charge in [0.1, 0.15) is 28.4 Å². The molecule has 31 heavy (non-hydrogen) atoms. The Morgan fingerprint density at radius 1 is 1.16 bits per heavy atom. The van der Waals surface area contributed by atoms with E-state index in [4.69, 9.17) is 32.7 Å². The summed E-state index contributed by atoms with van der Waals surface area (Å²) in [6, 6.07) is 2.26. The van der Waals surface area contributed by atoms with Gasteiger partial charge in [0.05, 0.1) is 23.4 Å². The van der Waals surface area contributed by atoms with Crippen LogP contribution in [0.4, 0.5) is 4.39 Å². The van der Waals surface area contributed by atoms with E-state index in [2.05, 4.69) is 10.3 Å². The predicted molar refractivity (Wildman–Crippen MR) is 115 cm³/mol. The molecule has 1 aromatic heterocycles. The van der Waals surface area contributed by atoms with Gasteiger partial charge in [0.2, 0.25) is 5.88 Å². The number of aromatic nitrogens is 1. The van der Waals surface area contributed by atoms with E-state index in [1.165, 1.54) is 12.3 Å². The minimum absolute atomic E-state index is 0.0563. The molecule has 168 valence electrons. The summed E-state index contributed by atoms with van der Waals surface area (Å²) in [5, 5.41) is 11.6. The van der Waals surface area contributed by atoms with Crippen LogP contribution < -0.4 is 14.8 Å². The SMILES string of the molecule is CC(C)COc1ncc(Oc2cc(F)c(C(=O)NC(C(=O)O)C(C)C)cc2Cl)cc1Cl. The fourth-order valence-electron chi connectivity index (χ4n) is 2.46. The van der Waals surface area contributed by atoms with E-state index in [0.717, 1.165) is 12.1 Å². The van der Waals surface area contributed by atoms with Crippen LogP contribution >= 0.6 is 23.2 Å². The smallest absolute Gasteiger partial charge is 0.326 e. The molecule has 7 nitrogen and oxygen atoms in total. The number of carboxylic acids is 1. The Balaban J connectivity index is 2.19. The summed E-state index contributed by atoms with van der Waals surface area (Å²) in [5.41, 5.74) is -0.405. The number of carboxylic acid groups (broad SMARTS) is 1. The van der Waals surface area contributed by atoms with E-state index in [1.807, 2.05) is 13.8 Å². The Labute approximate surface area is 189 Å².